The standard InChI is InChI=1S/C29H38O.C28H36O.C27H34O.C26H32O.C25H30O/c1-3-5-7-23-30-29-21-15-26(16-22-29)10-9-25-13-19-28(20-14-25)27-17-11-24(12-18-27)8-6-4-2;1-3-5-7-23-10-16-26(17-11-23)27-18-12-24(13-19-27)8-9-25-14-20-28(21-15-25)29-22-6-4-2;1-3-5-6-22-9-15-25(16-10-22)26-17-11-23(12-18-26)7-8-24-13-19-27(20-14-24)28-21-4-2;1-3-5-6-21-9-15-24(16-10-21)25-17-11-22(12-18-25)7-8-23-13-19-26(20-14-23)27-4-2;1-3-4-5-20-8-14-23(15-9-20)24-16-10-21(11-17-24)6-7-22-12-18-25(26-2)19-13-22/h13-16,19-22,24,27H,3-8,11-12,17-18,23H2,1-2H3;12-15,18-21,23,26H,3-7,10-11,16-17,22H2,1-2H3;11-14,17-20,22,25H,3-6,9-10,15-16,21H2,1-2H3;11-14,17-21,24H,3-6,9-10,15-16H2,1-2H3;10-13,16-20,23H,3-5,8-9,14-15H2,1-2H3. The average Bonchev–Trinajstić information content (AvgIpc) is 0.861. The molecule has 0 radical (unpaired) electrons. The van der Waals surface area contributed by atoms with Gasteiger partial charge in [-0.05, 0) is 424 Å². The number of ether oxygens (including phenoxy) is 5. The molecule has 5 heteroatoms. The fraction of sp³-hybridized carbons (Fsp3) is 0.481. The third-order valence-electron chi connectivity index (χ3n) is 29.8. The average molecular weight is 1870 g/mol. The molecule has 5 aliphatic carbocycles. The van der Waals surface area contributed by atoms with Crippen LogP contribution in [-0.4, -0.2) is 33.5 Å². The minimum absolute atomic E-state index is 0.692. The Hall–Kier alpha value is -11.0. The van der Waals surface area contributed by atoms with Crippen molar-refractivity contribution < 1.29 is 23.7 Å². The molecule has 140 heavy (non-hydrogen) atoms. The maximum atomic E-state index is 5.77. The van der Waals surface area contributed by atoms with Gasteiger partial charge in [0.1, 0.15) is 28.7 Å². The van der Waals surface area contributed by atoms with E-state index >= 15 is 0 Å². The minimum atomic E-state index is 0.692. The largest absolute Gasteiger partial charge is 0.497 e. The highest BCUT2D eigenvalue weighted by Gasteiger charge is 2.27. The van der Waals surface area contributed by atoms with Crippen molar-refractivity contribution in [2.45, 2.75) is 355 Å². The smallest absolute Gasteiger partial charge is 0.119 e. The summed E-state index contributed by atoms with van der Waals surface area (Å²) < 4.78 is 27.8. The highest BCUT2D eigenvalue weighted by molar-refractivity contribution is 5.51. The number of methoxy groups -OCH3 is 1. The van der Waals surface area contributed by atoms with Crippen molar-refractivity contribution in [3.63, 3.8) is 0 Å². The summed E-state index contributed by atoms with van der Waals surface area (Å²) in [6.07, 6.45) is 55.3. The minimum Gasteiger partial charge on any atom is -0.497 e. The topological polar surface area (TPSA) is 46.2 Å². The molecule has 0 atom stereocenters. The Morgan fingerprint density at radius 1 is 0.179 bits per heavy atom. The predicted molar refractivity (Wildman–Crippen MR) is 594 cm³/mol. The zero-order valence-corrected chi connectivity index (χ0v) is 87.7. The molecule has 5 aliphatic rings. The van der Waals surface area contributed by atoms with Gasteiger partial charge in [0.05, 0.1) is 33.5 Å². The summed E-state index contributed by atoms with van der Waals surface area (Å²) in [7, 11) is 1.68. The van der Waals surface area contributed by atoms with Gasteiger partial charge in [-0.2, -0.15) is 0 Å². The van der Waals surface area contributed by atoms with Crippen LogP contribution in [0.15, 0.2) is 243 Å². The lowest BCUT2D eigenvalue weighted by atomic mass is 9.77. The van der Waals surface area contributed by atoms with Crippen LogP contribution in [0.25, 0.3) is 0 Å². The van der Waals surface area contributed by atoms with Crippen LogP contribution < -0.4 is 23.7 Å². The van der Waals surface area contributed by atoms with E-state index in [1.54, 1.807) is 7.11 Å². The molecule has 0 aromatic heterocycles. The fourth-order valence-electron chi connectivity index (χ4n) is 20.8. The molecule has 0 aliphatic heterocycles. The lowest BCUT2D eigenvalue weighted by Gasteiger charge is -2.28. The van der Waals surface area contributed by atoms with Crippen molar-refractivity contribution in [1.82, 2.24) is 0 Å². The molecule has 0 bridgehead atoms. The van der Waals surface area contributed by atoms with Crippen molar-refractivity contribution in [3.8, 4) is 88.0 Å². The van der Waals surface area contributed by atoms with Crippen LogP contribution in [0.4, 0.5) is 0 Å². The summed E-state index contributed by atoms with van der Waals surface area (Å²) in [4.78, 5) is 0. The maximum absolute atomic E-state index is 5.77. The molecule has 740 valence electrons. The molecule has 0 amide bonds. The SMILES string of the molecule is CCCCC1CCC(c2ccc(C#Cc3ccc(OC)cc3)cc2)CC1.CCCCC1CCC(c2ccc(C#Cc3ccc(OCC)cc3)cc2)CC1.CCCCC1CCC(c2ccc(C#Cc3ccc(OCCC)cc3)cc2)CC1.CCCCCOc1ccc(C#Cc2ccc(C3CCC(CCCC)CC3)cc2)cc1.CCCCOc1ccc(C#Cc2ccc(C3CCC(CCCC)CC3)cc2)cc1. The van der Waals surface area contributed by atoms with E-state index in [0.29, 0.717) is 6.61 Å². The number of hydrogen-bond acceptors (Lipinski definition) is 5. The Kier molecular flexibility index (Phi) is 50.3. The first-order valence-corrected chi connectivity index (χ1v) is 55.6. The highest BCUT2D eigenvalue weighted by Crippen LogP contribution is 2.43. The van der Waals surface area contributed by atoms with Crippen LogP contribution in [0.3, 0.4) is 0 Å². The molecule has 10 aromatic rings. The summed E-state index contributed by atoms with van der Waals surface area (Å²) in [5.41, 5.74) is 18.1. The summed E-state index contributed by atoms with van der Waals surface area (Å²) in [5.74, 6) is 45.9. The van der Waals surface area contributed by atoms with Crippen LogP contribution >= 0.6 is 0 Å². The first kappa shape index (κ1) is 109. The third kappa shape index (κ3) is 40.2. The van der Waals surface area contributed by atoms with Gasteiger partial charge < -0.3 is 23.7 Å². The zero-order valence-electron chi connectivity index (χ0n) is 87.7. The molecule has 0 saturated heterocycles. The van der Waals surface area contributed by atoms with E-state index in [1.807, 2.05) is 128 Å². The van der Waals surface area contributed by atoms with E-state index in [9.17, 15) is 0 Å². The van der Waals surface area contributed by atoms with Crippen molar-refractivity contribution >= 4 is 0 Å². The molecule has 5 nitrogen and oxygen atoms in total. The fourth-order valence-corrected chi connectivity index (χ4v) is 20.8. The lowest BCUT2D eigenvalue weighted by Crippen LogP contribution is -2.13. The second-order valence-corrected chi connectivity index (χ2v) is 40.5. The van der Waals surface area contributed by atoms with Crippen molar-refractivity contribution in [2.24, 2.45) is 29.6 Å². The molecular weight excluding hydrogens is 1700 g/mol. The Morgan fingerprint density at radius 2 is 0.357 bits per heavy atom. The first-order chi connectivity index (χ1) is 68.9. The predicted octanol–water partition coefficient (Wildman–Crippen LogP) is 36.7. The molecule has 15 rings (SSSR count). The maximum Gasteiger partial charge on any atom is 0.119 e. The third-order valence-corrected chi connectivity index (χ3v) is 29.8. The summed E-state index contributed by atoms with van der Waals surface area (Å²) >= 11 is 0. The number of hydrogen-bond donors (Lipinski definition) is 0. The van der Waals surface area contributed by atoms with Gasteiger partial charge in [0.2, 0.25) is 0 Å². The molecule has 0 spiro atoms. The van der Waals surface area contributed by atoms with Crippen molar-refractivity contribution in [2.75, 3.05) is 33.5 Å². The number of benzene rings is 10. The van der Waals surface area contributed by atoms with Crippen LogP contribution in [0.5, 0.6) is 28.7 Å². The molecule has 5 saturated carbocycles. The Morgan fingerprint density at radius 3 is 0.543 bits per heavy atom. The number of rotatable bonds is 35. The quantitative estimate of drug-likeness (QED) is 0.0293. The normalized spacial score (nSPS) is 18.9. The van der Waals surface area contributed by atoms with Crippen LogP contribution in [0.2, 0.25) is 0 Å². The van der Waals surface area contributed by atoms with Gasteiger partial charge in [0.15, 0.2) is 0 Å². The second-order valence-electron chi connectivity index (χ2n) is 40.5. The zero-order chi connectivity index (χ0) is 98.0. The van der Waals surface area contributed by atoms with E-state index in [-0.39, 0.29) is 0 Å². The monoisotopic (exact) mass is 1870 g/mol. The number of unbranched alkanes of at least 4 members (excludes halogenated alkanes) is 8. The van der Waals surface area contributed by atoms with Crippen LogP contribution in [-0.2, 0) is 0 Å². The Balaban J connectivity index is 0.000000168. The summed E-state index contributed by atoms with van der Waals surface area (Å²) in [6, 6.07) is 85.0. The van der Waals surface area contributed by atoms with E-state index < -0.39 is 0 Å². The molecule has 0 unspecified atom stereocenters. The molecule has 0 heterocycles. The Labute approximate surface area is 850 Å². The van der Waals surface area contributed by atoms with Crippen LogP contribution in [0, 0.1) is 88.8 Å². The van der Waals surface area contributed by atoms with Gasteiger partial charge in [-0.1, -0.05) is 291 Å². The van der Waals surface area contributed by atoms with Gasteiger partial charge in [-0.25, -0.2) is 0 Å². The van der Waals surface area contributed by atoms with E-state index in [0.717, 1.165) is 189 Å². The lowest BCUT2D eigenvalue weighted by molar-refractivity contribution is 0.304. The molecule has 5 fully saturated rings. The van der Waals surface area contributed by atoms with Crippen molar-refractivity contribution in [1.29, 1.82) is 0 Å². The molecular formula is C135H170O5. The van der Waals surface area contributed by atoms with Gasteiger partial charge in [0, 0.05) is 55.6 Å². The van der Waals surface area contributed by atoms with Crippen LogP contribution in [0.1, 0.15) is 439 Å². The van der Waals surface area contributed by atoms with Gasteiger partial charge in [-0.15, -0.1) is 0 Å². The van der Waals surface area contributed by atoms with Gasteiger partial charge in [-0.3, -0.25) is 0 Å². The van der Waals surface area contributed by atoms with E-state index in [1.165, 1.54) is 265 Å². The molecule has 0 N–H and O–H groups in total. The second kappa shape index (κ2) is 64.4. The molecule has 10 aromatic carbocycles. The Bertz CT molecular complexity index is 5350. The summed E-state index contributed by atoms with van der Waals surface area (Å²) in [6.45, 7) is 23.0. The van der Waals surface area contributed by atoms with E-state index in [4.69, 9.17) is 23.7 Å². The van der Waals surface area contributed by atoms with Gasteiger partial charge in [0.25, 0.3) is 0 Å². The van der Waals surface area contributed by atoms with Gasteiger partial charge >= 0.3 is 0 Å². The first-order valence-electron chi connectivity index (χ1n) is 55.6. The summed E-state index contributed by atoms with van der Waals surface area (Å²) in [5, 5.41) is 0. The highest BCUT2D eigenvalue weighted by atomic mass is 16.5. The van der Waals surface area contributed by atoms with Crippen molar-refractivity contribution in [3.05, 3.63) is 326 Å². The van der Waals surface area contributed by atoms with E-state index in [2.05, 4.69) is 236 Å².